The van der Waals surface area contributed by atoms with E-state index in [1.807, 2.05) is 13.8 Å². The first-order valence-electron chi connectivity index (χ1n) is 7.00. The second-order valence-corrected chi connectivity index (χ2v) is 5.00. The van der Waals surface area contributed by atoms with Crippen LogP contribution in [-0.4, -0.2) is 40.5 Å². The molecule has 0 radical (unpaired) electrons. The molecule has 0 saturated heterocycles. The van der Waals surface area contributed by atoms with Crippen molar-refractivity contribution >= 4 is 17.9 Å². The molecule has 0 aliphatic heterocycles. The highest BCUT2D eigenvalue weighted by Crippen LogP contribution is 2.12. The number of nitrogens with one attached hydrogen (secondary N) is 1. The lowest BCUT2D eigenvalue weighted by atomic mass is 10.1. The van der Waals surface area contributed by atoms with E-state index in [9.17, 15) is 14.4 Å². The molecule has 1 rings (SSSR count). The highest BCUT2D eigenvalue weighted by Gasteiger charge is 2.22. The van der Waals surface area contributed by atoms with Crippen LogP contribution < -0.4 is 11.1 Å². The number of nitrogens with zero attached hydrogens (tertiary/aromatic N) is 1. The van der Waals surface area contributed by atoms with Crippen molar-refractivity contribution in [2.24, 2.45) is 5.73 Å². The van der Waals surface area contributed by atoms with Gasteiger partial charge in [-0.1, -0.05) is 19.1 Å². The Hall–Kier alpha value is -2.57. The number of aliphatic carboxylic acids is 1. The highest BCUT2D eigenvalue weighted by atomic mass is 16.4. The van der Waals surface area contributed by atoms with Crippen molar-refractivity contribution in [2.45, 2.75) is 32.9 Å². The van der Waals surface area contributed by atoms with Crippen LogP contribution in [0.15, 0.2) is 24.3 Å². The molecule has 4 N–H and O–H groups in total. The van der Waals surface area contributed by atoms with E-state index in [1.54, 1.807) is 24.3 Å². The number of hydrogen-bond donors (Lipinski definition) is 3. The first-order valence-corrected chi connectivity index (χ1v) is 7.00. The predicted octanol–water partition coefficient (Wildman–Crippen LogP) is 1.18. The van der Waals surface area contributed by atoms with Crippen molar-refractivity contribution in [2.75, 3.05) is 6.54 Å². The monoisotopic (exact) mass is 307 g/mol. The molecule has 1 aromatic carbocycles. The van der Waals surface area contributed by atoms with Crippen LogP contribution in [0.4, 0.5) is 4.79 Å². The molecule has 0 spiro atoms. The number of primary amides is 1. The van der Waals surface area contributed by atoms with Crippen LogP contribution in [0.2, 0.25) is 0 Å². The van der Waals surface area contributed by atoms with Crippen molar-refractivity contribution in [3.63, 3.8) is 0 Å². The highest BCUT2D eigenvalue weighted by molar-refractivity contribution is 5.96. The molecule has 7 nitrogen and oxygen atoms in total. The van der Waals surface area contributed by atoms with E-state index in [2.05, 4.69) is 5.32 Å². The van der Waals surface area contributed by atoms with Crippen LogP contribution in [0.25, 0.3) is 0 Å². The van der Waals surface area contributed by atoms with Gasteiger partial charge in [0.2, 0.25) is 0 Å². The molecule has 7 heteroatoms. The van der Waals surface area contributed by atoms with Crippen LogP contribution in [-0.2, 0) is 11.3 Å². The molecule has 3 amide bonds. The first kappa shape index (κ1) is 17.5. The Morgan fingerprint density at radius 2 is 1.86 bits per heavy atom. The van der Waals surface area contributed by atoms with Gasteiger partial charge in [-0.25, -0.2) is 4.79 Å². The molecule has 0 fully saturated rings. The van der Waals surface area contributed by atoms with Crippen LogP contribution in [0.5, 0.6) is 0 Å². The first-order chi connectivity index (χ1) is 10.3. The van der Waals surface area contributed by atoms with Crippen molar-refractivity contribution in [3.8, 4) is 0 Å². The number of nitrogens with two attached hydrogens (primary N) is 1. The summed E-state index contributed by atoms with van der Waals surface area (Å²) in [6.45, 7) is 3.64. The quantitative estimate of drug-likeness (QED) is 0.702. The summed E-state index contributed by atoms with van der Waals surface area (Å²) >= 11 is 0. The Labute approximate surface area is 129 Å². The standard InChI is InChI=1S/C15H21N3O4/c1-3-10(2)18(9-13(19)20)14(21)12-6-4-11(5-7-12)8-17-15(16)22/h4-7,10H,3,8-9H2,1-2H3,(H,19,20)(H3,16,17,22). The van der Waals surface area contributed by atoms with Gasteiger partial charge in [-0.15, -0.1) is 0 Å². The number of amides is 3. The van der Waals surface area contributed by atoms with Crippen molar-refractivity contribution in [1.82, 2.24) is 10.2 Å². The summed E-state index contributed by atoms with van der Waals surface area (Å²) in [4.78, 5) is 35.3. The SMILES string of the molecule is CCC(C)N(CC(=O)O)C(=O)c1ccc(CNC(N)=O)cc1. The fourth-order valence-corrected chi connectivity index (χ4v) is 1.91. The molecule has 0 aromatic heterocycles. The summed E-state index contributed by atoms with van der Waals surface area (Å²) in [5.41, 5.74) is 6.19. The van der Waals surface area contributed by atoms with Crippen LogP contribution in [0.1, 0.15) is 36.2 Å². The van der Waals surface area contributed by atoms with E-state index in [0.717, 1.165) is 5.56 Å². The van der Waals surface area contributed by atoms with Gasteiger partial charge in [-0.3, -0.25) is 9.59 Å². The van der Waals surface area contributed by atoms with Crippen LogP contribution in [0, 0.1) is 0 Å². The number of carbonyl (C=O) groups is 3. The average Bonchev–Trinajstić information content (AvgIpc) is 2.49. The van der Waals surface area contributed by atoms with Gasteiger partial charge >= 0.3 is 12.0 Å². The molecular formula is C15H21N3O4. The van der Waals surface area contributed by atoms with Gasteiger partial charge in [0.1, 0.15) is 6.54 Å². The van der Waals surface area contributed by atoms with E-state index in [-0.39, 0.29) is 25.0 Å². The van der Waals surface area contributed by atoms with Gasteiger partial charge in [0, 0.05) is 18.2 Å². The fraction of sp³-hybridized carbons (Fsp3) is 0.400. The molecule has 1 atom stereocenters. The number of carboxylic acids is 1. The number of urea groups is 1. The number of carbonyl (C=O) groups excluding carboxylic acids is 2. The zero-order valence-electron chi connectivity index (χ0n) is 12.7. The Balaban J connectivity index is 2.85. The van der Waals surface area contributed by atoms with Gasteiger partial charge in [-0.2, -0.15) is 0 Å². The van der Waals surface area contributed by atoms with Gasteiger partial charge in [0.05, 0.1) is 0 Å². The minimum Gasteiger partial charge on any atom is -0.480 e. The molecule has 1 unspecified atom stereocenters. The third kappa shape index (κ3) is 5.08. The minimum absolute atomic E-state index is 0.167. The zero-order chi connectivity index (χ0) is 16.7. The van der Waals surface area contributed by atoms with E-state index in [4.69, 9.17) is 10.8 Å². The Morgan fingerprint density at radius 1 is 1.27 bits per heavy atom. The molecule has 0 aliphatic rings. The van der Waals surface area contributed by atoms with E-state index < -0.39 is 12.0 Å². The van der Waals surface area contributed by atoms with E-state index in [0.29, 0.717) is 12.0 Å². The van der Waals surface area contributed by atoms with Crippen LogP contribution >= 0.6 is 0 Å². The number of benzene rings is 1. The van der Waals surface area contributed by atoms with E-state index in [1.165, 1.54) is 4.90 Å². The molecule has 0 saturated carbocycles. The molecule has 22 heavy (non-hydrogen) atoms. The van der Waals surface area contributed by atoms with Gasteiger partial charge < -0.3 is 21.1 Å². The summed E-state index contributed by atoms with van der Waals surface area (Å²) < 4.78 is 0. The average molecular weight is 307 g/mol. The lowest BCUT2D eigenvalue weighted by molar-refractivity contribution is -0.138. The van der Waals surface area contributed by atoms with Crippen molar-refractivity contribution in [1.29, 1.82) is 0 Å². The van der Waals surface area contributed by atoms with Crippen LogP contribution in [0.3, 0.4) is 0 Å². The van der Waals surface area contributed by atoms with Crippen molar-refractivity contribution < 1.29 is 19.5 Å². The summed E-state index contributed by atoms with van der Waals surface area (Å²) in [5, 5.41) is 11.4. The molecule has 0 aliphatic carbocycles. The summed E-state index contributed by atoms with van der Waals surface area (Å²) in [6.07, 6.45) is 0.666. The molecular weight excluding hydrogens is 286 g/mol. The van der Waals surface area contributed by atoms with Crippen molar-refractivity contribution in [3.05, 3.63) is 35.4 Å². The molecule has 0 bridgehead atoms. The lowest BCUT2D eigenvalue weighted by Gasteiger charge is -2.27. The lowest BCUT2D eigenvalue weighted by Crippen LogP contribution is -2.41. The third-order valence-electron chi connectivity index (χ3n) is 3.36. The van der Waals surface area contributed by atoms with Gasteiger partial charge in [0.15, 0.2) is 0 Å². The largest absolute Gasteiger partial charge is 0.480 e. The normalized spacial score (nSPS) is 11.5. The maximum absolute atomic E-state index is 12.4. The second-order valence-electron chi connectivity index (χ2n) is 5.00. The predicted molar refractivity (Wildman–Crippen MR) is 81.3 cm³/mol. The summed E-state index contributed by atoms with van der Waals surface area (Å²) in [7, 11) is 0. The Kier molecular flexibility index (Phi) is 6.37. The Bertz CT molecular complexity index is 542. The summed E-state index contributed by atoms with van der Waals surface area (Å²) in [6, 6.07) is 5.82. The smallest absolute Gasteiger partial charge is 0.323 e. The second kappa shape index (κ2) is 8.02. The number of rotatable bonds is 7. The maximum atomic E-state index is 12.4. The zero-order valence-corrected chi connectivity index (χ0v) is 12.7. The maximum Gasteiger partial charge on any atom is 0.323 e. The number of hydrogen-bond acceptors (Lipinski definition) is 3. The Morgan fingerprint density at radius 3 is 2.32 bits per heavy atom. The molecule has 1 aromatic rings. The third-order valence-corrected chi connectivity index (χ3v) is 3.36. The minimum atomic E-state index is -1.05. The number of carboxylic acid groups (broad SMARTS) is 1. The summed E-state index contributed by atoms with van der Waals surface area (Å²) in [5.74, 6) is -1.37. The van der Waals surface area contributed by atoms with Gasteiger partial charge in [-0.05, 0) is 31.0 Å². The van der Waals surface area contributed by atoms with Gasteiger partial charge in [0.25, 0.3) is 5.91 Å². The fourth-order valence-electron chi connectivity index (χ4n) is 1.91. The molecule has 120 valence electrons. The molecule has 0 heterocycles. The topological polar surface area (TPSA) is 113 Å². The van der Waals surface area contributed by atoms with E-state index >= 15 is 0 Å².